The van der Waals surface area contributed by atoms with E-state index in [2.05, 4.69) is 4.99 Å². The second-order valence-corrected chi connectivity index (χ2v) is 4.60. The summed E-state index contributed by atoms with van der Waals surface area (Å²) in [6, 6.07) is 7.36. The lowest BCUT2D eigenvalue weighted by Crippen LogP contribution is -2.37. The molecular weight excluding hydrogens is 266 g/mol. The fourth-order valence-corrected chi connectivity index (χ4v) is 1.89. The van der Waals surface area contributed by atoms with Crippen molar-refractivity contribution in [3.05, 3.63) is 47.1 Å². The van der Waals surface area contributed by atoms with Gasteiger partial charge in [-0.15, -0.1) is 0 Å². The van der Waals surface area contributed by atoms with Crippen molar-refractivity contribution >= 4 is 23.6 Å². The van der Waals surface area contributed by atoms with Gasteiger partial charge in [-0.2, -0.15) is 0 Å². The Kier molecular flexibility index (Phi) is 4.47. The van der Waals surface area contributed by atoms with E-state index >= 15 is 0 Å². The van der Waals surface area contributed by atoms with Gasteiger partial charge in [0.2, 0.25) is 0 Å². The molecule has 1 unspecified atom stereocenters. The Labute approximate surface area is 116 Å². The number of methoxy groups -OCH3 is 1. The molecule has 1 heterocycles. The highest BCUT2D eigenvalue weighted by Crippen LogP contribution is 2.25. The molecule has 0 aliphatic carbocycles. The minimum atomic E-state index is -0.933. The van der Waals surface area contributed by atoms with Gasteiger partial charge in [0.05, 0.1) is 18.7 Å². The van der Waals surface area contributed by atoms with E-state index in [9.17, 15) is 4.79 Å². The molecule has 0 amide bonds. The Hall–Kier alpha value is -1.49. The van der Waals surface area contributed by atoms with Crippen LogP contribution in [-0.4, -0.2) is 24.9 Å². The highest BCUT2D eigenvalue weighted by Gasteiger charge is 2.31. The molecule has 19 heavy (non-hydrogen) atoms. The molecule has 2 rings (SSSR count). The number of nitrogens with zero attached hydrogens (tertiary/aromatic N) is 1. The molecule has 100 valence electrons. The predicted molar refractivity (Wildman–Crippen MR) is 73.2 cm³/mol. The summed E-state index contributed by atoms with van der Waals surface area (Å²) >= 11 is 5.82. The van der Waals surface area contributed by atoms with Gasteiger partial charge in [-0.1, -0.05) is 23.7 Å². The van der Waals surface area contributed by atoms with Crippen molar-refractivity contribution in [1.29, 1.82) is 0 Å². The average molecular weight is 280 g/mol. The highest BCUT2D eigenvalue weighted by molar-refractivity contribution is 6.30. The lowest BCUT2D eigenvalue weighted by Gasteiger charge is -2.30. The molecule has 0 saturated heterocycles. The molecule has 1 aromatic carbocycles. The van der Waals surface area contributed by atoms with Crippen LogP contribution in [0.2, 0.25) is 5.02 Å². The van der Waals surface area contributed by atoms with Crippen LogP contribution in [0.4, 0.5) is 0 Å². The summed E-state index contributed by atoms with van der Waals surface area (Å²) < 4.78 is 11.2. The predicted octanol–water partition coefficient (Wildman–Crippen LogP) is 2.76. The van der Waals surface area contributed by atoms with E-state index in [0.717, 1.165) is 5.56 Å². The maximum atomic E-state index is 10.8. The number of ether oxygens (including phenoxy) is 2. The first-order valence-electron chi connectivity index (χ1n) is 5.80. The number of carbonyl (C=O) groups is 1. The van der Waals surface area contributed by atoms with Crippen LogP contribution in [0.1, 0.15) is 12.0 Å². The monoisotopic (exact) mass is 279 g/mol. The maximum Gasteiger partial charge on any atom is 0.195 e. The Bertz CT molecular complexity index is 510. The van der Waals surface area contributed by atoms with E-state index in [1.54, 1.807) is 25.3 Å². The van der Waals surface area contributed by atoms with Crippen LogP contribution in [0.25, 0.3) is 0 Å². The fraction of sp³-hybridized carbons (Fsp3) is 0.286. The van der Waals surface area contributed by atoms with Crippen molar-refractivity contribution in [3.63, 3.8) is 0 Å². The van der Waals surface area contributed by atoms with E-state index in [1.807, 2.05) is 12.1 Å². The summed E-state index contributed by atoms with van der Waals surface area (Å²) in [6.45, 7) is 0.363. The molecule has 1 atom stereocenters. The standard InChI is InChI=1S/C14H14ClNO3/c1-18-14(6-7-16-13(8-14)9-17)19-10-11-2-4-12(15)5-3-11/h2-7,9H,8,10H2,1H3. The molecule has 0 aromatic heterocycles. The molecular formula is C14H14ClNO3. The van der Waals surface area contributed by atoms with Crippen LogP contribution in [0.3, 0.4) is 0 Å². The zero-order valence-corrected chi connectivity index (χ0v) is 11.3. The van der Waals surface area contributed by atoms with Gasteiger partial charge in [0.25, 0.3) is 0 Å². The molecule has 1 aliphatic heterocycles. The largest absolute Gasteiger partial charge is 0.349 e. The number of halogens is 1. The van der Waals surface area contributed by atoms with Crippen molar-refractivity contribution in [2.75, 3.05) is 7.11 Å². The lowest BCUT2D eigenvalue weighted by atomic mass is 10.1. The molecule has 5 heteroatoms. The van der Waals surface area contributed by atoms with E-state index in [-0.39, 0.29) is 0 Å². The highest BCUT2D eigenvalue weighted by atomic mass is 35.5. The molecule has 0 saturated carbocycles. The zero-order chi connectivity index (χ0) is 13.7. The first-order valence-corrected chi connectivity index (χ1v) is 6.18. The van der Waals surface area contributed by atoms with Gasteiger partial charge in [0.15, 0.2) is 12.1 Å². The van der Waals surface area contributed by atoms with Crippen LogP contribution >= 0.6 is 11.6 Å². The first kappa shape index (κ1) is 13.9. The van der Waals surface area contributed by atoms with Crippen molar-refractivity contribution < 1.29 is 14.3 Å². The van der Waals surface area contributed by atoms with Gasteiger partial charge in [-0.25, -0.2) is 0 Å². The summed E-state index contributed by atoms with van der Waals surface area (Å²) in [6.07, 6.45) is 4.24. The van der Waals surface area contributed by atoms with Gasteiger partial charge in [0, 0.05) is 18.3 Å². The van der Waals surface area contributed by atoms with Gasteiger partial charge >= 0.3 is 0 Å². The third kappa shape index (κ3) is 3.50. The number of carbonyl (C=O) groups excluding carboxylic acids is 1. The number of aldehydes is 1. The smallest absolute Gasteiger partial charge is 0.195 e. The summed E-state index contributed by atoms with van der Waals surface area (Å²) in [7, 11) is 1.54. The summed E-state index contributed by atoms with van der Waals surface area (Å²) in [5.41, 5.74) is 1.38. The molecule has 0 fully saturated rings. The van der Waals surface area contributed by atoms with Gasteiger partial charge in [0.1, 0.15) is 0 Å². The fourth-order valence-electron chi connectivity index (χ4n) is 1.76. The van der Waals surface area contributed by atoms with E-state index in [0.29, 0.717) is 30.0 Å². The van der Waals surface area contributed by atoms with E-state index < -0.39 is 5.79 Å². The molecule has 1 aliphatic rings. The van der Waals surface area contributed by atoms with E-state index in [1.165, 1.54) is 6.20 Å². The molecule has 0 spiro atoms. The quantitative estimate of drug-likeness (QED) is 0.615. The second-order valence-electron chi connectivity index (χ2n) is 4.16. The summed E-state index contributed by atoms with van der Waals surface area (Å²) in [5.74, 6) is -0.933. The maximum absolute atomic E-state index is 10.8. The Balaban J connectivity index is 2.04. The van der Waals surface area contributed by atoms with Crippen molar-refractivity contribution in [1.82, 2.24) is 0 Å². The first-order chi connectivity index (χ1) is 9.17. The Morgan fingerprint density at radius 1 is 1.42 bits per heavy atom. The number of aliphatic imine (C=N–C) groups is 1. The molecule has 1 aromatic rings. The number of rotatable bonds is 5. The third-order valence-corrected chi connectivity index (χ3v) is 3.13. The molecule has 4 nitrogen and oxygen atoms in total. The topological polar surface area (TPSA) is 47.9 Å². The minimum absolute atomic E-state index is 0.303. The zero-order valence-electron chi connectivity index (χ0n) is 10.5. The second kappa shape index (κ2) is 6.10. The lowest BCUT2D eigenvalue weighted by molar-refractivity contribution is -0.191. The van der Waals surface area contributed by atoms with Crippen LogP contribution in [0.5, 0.6) is 0 Å². The summed E-state index contributed by atoms with van der Waals surface area (Å²) in [4.78, 5) is 14.7. The van der Waals surface area contributed by atoms with Gasteiger partial charge in [-0.3, -0.25) is 9.79 Å². The summed E-state index contributed by atoms with van der Waals surface area (Å²) in [5, 5.41) is 0.679. The Morgan fingerprint density at radius 2 is 2.16 bits per heavy atom. The molecule has 0 bridgehead atoms. The normalized spacial score (nSPS) is 22.1. The van der Waals surface area contributed by atoms with Crippen LogP contribution < -0.4 is 0 Å². The van der Waals surface area contributed by atoms with E-state index in [4.69, 9.17) is 21.1 Å². The van der Waals surface area contributed by atoms with Crippen molar-refractivity contribution in [3.8, 4) is 0 Å². The van der Waals surface area contributed by atoms with Crippen molar-refractivity contribution in [2.45, 2.75) is 18.8 Å². The van der Waals surface area contributed by atoms with Gasteiger partial charge < -0.3 is 9.47 Å². The van der Waals surface area contributed by atoms with Crippen LogP contribution in [0.15, 0.2) is 41.5 Å². The number of hydrogen-bond acceptors (Lipinski definition) is 4. The SMILES string of the molecule is COC1(OCc2ccc(Cl)cc2)C=CN=C(C=O)C1. The van der Waals surface area contributed by atoms with Crippen LogP contribution in [-0.2, 0) is 20.9 Å². The molecule has 0 N–H and O–H groups in total. The minimum Gasteiger partial charge on any atom is -0.349 e. The van der Waals surface area contributed by atoms with Crippen LogP contribution in [0, 0.1) is 0 Å². The Morgan fingerprint density at radius 3 is 2.79 bits per heavy atom. The average Bonchev–Trinajstić information content (AvgIpc) is 2.47. The third-order valence-electron chi connectivity index (χ3n) is 2.87. The van der Waals surface area contributed by atoms with Gasteiger partial charge in [-0.05, 0) is 23.8 Å². The number of hydrogen-bond donors (Lipinski definition) is 0. The molecule has 0 radical (unpaired) electrons. The number of benzene rings is 1. The van der Waals surface area contributed by atoms with Crippen molar-refractivity contribution in [2.24, 2.45) is 4.99 Å².